The van der Waals surface area contributed by atoms with E-state index in [2.05, 4.69) is 0 Å². The van der Waals surface area contributed by atoms with E-state index in [-0.39, 0.29) is 4.91 Å². The predicted octanol–water partition coefficient (Wildman–Crippen LogP) is 1.80. The van der Waals surface area contributed by atoms with Crippen LogP contribution in [0.5, 0.6) is 0 Å². The molecule has 1 heterocycles. The standard InChI is InChI=1S/C13H18N2O2S/c1-10-12(14)13(2,3)15(18(10,16)17)9-11-7-5-4-6-8-11/h4-8H,9,14H2,1-3H3. The summed E-state index contributed by atoms with van der Waals surface area (Å²) in [7, 11) is -3.43. The van der Waals surface area contributed by atoms with Gasteiger partial charge in [0, 0.05) is 12.2 Å². The lowest BCUT2D eigenvalue weighted by atomic mass is 10.0. The minimum atomic E-state index is -3.43. The molecule has 2 N–H and O–H groups in total. The van der Waals surface area contributed by atoms with Crippen LogP contribution >= 0.6 is 0 Å². The Morgan fingerprint density at radius 1 is 1.22 bits per heavy atom. The van der Waals surface area contributed by atoms with Crippen LogP contribution in [0.4, 0.5) is 0 Å². The molecule has 1 aromatic rings. The molecule has 0 radical (unpaired) electrons. The summed E-state index contributed by atoms with van der Waals surface area (Å²) >= 11 is 0. The van der Waals surface area contributed by atoms with E-state index in [1.165, 1.54) is 4.31 Å². The number of allylic oxidation sites excluding steroid dienone is 1. The van der Waals surface area contributed by atoms with Gasteiger partial charge in [0.25, 0.3) is 0 Å². The average Bonchev–Trinajstić information content (AvgIpc) is 2.44. The SMILES string of the molecule is CC1=C(N)C(C)(C)N(Cc2ccccc2)S1(=O)=O. The smallest absolute Gasteiger partial charge is 0.241 e. The zero-order chi connectivity index (χ0) is 13.6. The van der Waals surface area contributed by atoms with Gasteiger partial charge in [0.1, 0.15) is 0 Å². The van der Waals surface area contributed by atoms with E-state index in [0.717, 1.165) is 5.56 Å². The van der Waals surface area contributed by atoms with Crippen LogP contribution < -0.4 is 5.73 Å². The summed E-state index contributed by atoms with van der Waals surface area (Å²) in [4.78, 5) is 0.267. The zero-order valence-corrected chi connectivity index (χ0v) is 11.7. The van der Waals surface area contributed by atoms with Gasteiger partial charge in [-0.3, -0.25) is 0 Å². The monoisotopic (exact) mass is 266 g/mol. The van der Waals surface area contributed by atoms with Gasteiger partial charge in [-0.05, 0) is 26.3 Å². The first-order valence-corrected chi connectivity index (χ1v) is 7.25. The van der Waals surface area contributed by atoms with E-state index < -0.39 is 15.6 Å². The first-order chi connectivity index (χ1) is 8.28. The Balaban J connectivity index is 2.41. The summed E-state index contributed by atoms with van der Waals surface area (Å²) in [6.45, 7) is 5.57. The van der Waals surface area contributed by atoms with Crippen LogP contribution in [0.15, 0.2) is 40.9 Å². The third-order valence-electron chi connectivity index (χ3n) is 3.51. The van der Waals surface area contributed by atoms with Gasteiger partial charge in [0.05, 0.1) is 10.4 Å². The van der Waals surface area contributed by atoms with Crippen molar-refractivity contribution in [3.8, 4) is 0 Å². The van der Waals surface area contributed by atoms with E-state index in [4.69, 9.17) is 5.73 Å². The Hall–Kier alpha value is -1.33. The van der Waals surface area contributed by atoms with Crippen LogP contribution in [0.2, 0.25) is 0 Å². The number of hydrogen-bond acceptors (Lipinski definition) is 3. The number of benzene rings is 1. The lowest BCUT2D eigenvalue weighted by Gasteiger charge is -2.31. The van der Waals surface area contributed by atoms with E-state index in [9.17, 15) is 8.42 Å². The molecule has 0 spiro atoms. The van der Waals surface area contributed by atoms with E-state index in [0.29, 0.717) is 12.2 Å². The molecule has 0 aromatic heterocycles. The number of nitrogens with two attached hydrogens (primary N) is 1. The van der Waals surface area contributed by atoms with Crippen molar-refractivity contribution in [2.24, 2.45) is 5.73 Å². The van der Waals surface area contributed by atoms with Crippen molar-refractivity contribution in [2.45, 2.75) is 32.9 Å². The minimum absolute atomic E-state index is 0.267. The summed E-state index contributed by atoms with van der Waals surface area (Å²) in [6, 6.07) is 9.53. The van der Waals surface area contributed by atoms with Crippen LogP contribution in [-0.4, -0.2) is 18.3 Å². The van der Waals surface area contributed by atoms with Gasteiger partial charge in [-0.1, -0.05) is 30.3 Å². The van der Waals surface area contributed by atoms with Crippen molar-refractivity contribution in [3.05, 3.63) is 46.5 Å². The predicted molar refractivity (Wildman–Crippen MR) is 71.9 cm³/mol. The van der Waals surface area contributed by atoms with Crippen LogP contribution in [0.25, 0.3) is 0 Å². The fourth-order valence-corrected chi connectivity index (χ4v) is 4.08. The van der Waals surface area contributed by atoms with Gasteiger partial charge in [-0.15, -0.1) is 0 Å². The third kappa shape index (κ3) is 1.83. The number of sulfonamides is 1. The van der Waals surface area contributed by atoms with Crippen molar-refractivity contribution in [1.29, 1.82) is 0 Å². The lowest BCUT2D eigenvalue weighted by Crippen LogP contribution is -2.44. The molecule has 0 saturated heterocycles. The zero-order valence-electron chi connectivity index (χ0n) is 10.8. The van der Waals surface area contributed by atoms with Gasteiger partial charge in [-0.2, -0.15) is 4.31 Å². The number of hydrogen-bond donors (Lipinski definition) is 1. The number of nitrogens with zero attached hydrogens (tertiary/aromatic N) is 1. The highest BCUT2D eigenvalue weighted by atomic mass is 32.2. The second-order valence-corrected chi connectivity index (χ2v) is 7.03. The fraction of sp³-hybridized carbons (Fsp3) is 0.385. The van der Waals surface area contributed by atoms with Gasteiger partial charge in [0.2, 0.25) is 10.0 Å². The molecule has 0 unspecified atom stereocenters. The molecule has 2 rings (SSSR count). The average molecular weight is 266 g/mol. The summed E-state index contributed by atoms with van der Waals surface area (Å²) < 4.78 is 26.1. The molecule has 0 aliphatic carbocycles. The highest BCUT2D eigenvalue weighted by Crippen LogP contribution is 2.38. The third-order valence-corrected chi connectivity index (χ3v) is 5.67. The molecule has 5 heteroatoms. The van der Waals surface area contributed by atoms with Crippen LogP contribution in [0.3, 0.4) is 0 Å². The largest absolute Gasteiger partial charge is 0.400 e. The molecule has 0 amide bonds. The summed E-state index contributed by atoms with van der Waals surface area (Å²) in [5.74, 6) is 0. The highest BCUT2D eigenvalue weighted by molar-refractivity contribution is 7.93. The summed E-state index contributed by atoms with van der Waals surface area (Å²) in [5, 5.41) is 0. The fourth-order valence-electron chi connectivity index (χ4n) is 2.20. The molecule has 98 valence electrons. The lowest BCUT2D eigenvalue weighted by molar-refractivity contribution is 0.272. The van der Waals surface area contributed by atoms with E-state index in [1.54, 1.807) is 6.92 Å². The van der Waals surface area contributed by atoms with E-state index in [1.807, 2.05) is 44.2 Å². The van der Waals surface area contributed by atoms with E-state index >= 15 is 0 Å². The molecule has 18 heavy (non-hydrogen) atoms. The molecule has 4 nitrogen and oxygen atoms in total. The Morgan fingerprint density at radius 2 is 1.78 bits per heavy atom. The minimum Gasteiger partial charge on any atom is -0.400 e. The van der Waals surface area contributed by atoms with Crippen LogP contribution in [0.1, 0.15) is 26.3 Å². The molecule has 1 aromatic carbocycles. The second-order valence-electron chi connectivity index (χ2n) is 5.03. The van der Waals surface area contributed by atoms with Crippen molar-refractivity contribution in [2.75, 3.05) is 0 Å². The summed E-state index contributed by atoms with van der Waals surface area (Å²) in [5.41, 5.74) is 6.65. The maximum absolute atomic E-state index is 12.3. The molecule has 0 fully saturated rings. The van der Waals surface area contributed by atoms with Gasteiger partial charge in [0.15, 0.2) is 0 Å². The molecule has 1 aliphatic rings. The first kappa shape index (κ1) is 13.1. The normalized spacial score (nSPS) is 22.4. The molecule has 0 atom stereocenters. The second kappa shape index (κ2) is 4.10. The molecular weight excluding hydrogens is 248 g/mol. The van der Waals surface area contributed by atoms with Crippen LogP contribution in [-0.2, 0) is 16.6 Å². The molecule has 0 saturated carbocycles. The van der Waals surface area contributed by atoms with Crippen molar-refractivity contribution in [3.63, 3.8) is 0 Å². The Labute approximate surface area is 108 Å². The summed E-state index contributed by atoms with van der Waals surface area (Å²) in [6.07, 6.45) is 0. The number of rotatable bonds is 2. The van der Waals surface area contributed by atoms with Crippen molar-refractivity contribution < 1.29 is 8.42 Å². The molecule has 1 aliphatic heterocycles. The molecular formula is C13H18N2O2S. The quantitative estimate of drug-likeness (QED) is 0.887. The highest BCUT2D eigenvalue weighted by Gasteiger charge is 2.47. The maximum Gasteiger partial charge on any atom is 0.241 e. The maximum atomic E-state index is 12.3. The topological polar surface area (TPSA) is 63.4 Å². The Morgan fingerprint density at radius 3 is 2.22 bits per heavy atom. The van der Waals surface area contributed by atoms with Gasteiger partial charge < -0.3 is 5.73 Å². The first-order valence-electron chi connectivity index (χ1n) is 5.81. The van der Waals surface area contributed by atoms with Crippen LogP contribution in [0, 0.1) is 0 Å². The van der Waals surface area contributed by atoms with Gasteiger partial charge in [-0.25, -0.2) is 8.42 Å². The Bertz CT molecular complexity index is 589. The van der Waals surface area contributed by atoms with Gasteiger partial charge >= 0.3 is 0 Å². The van der Waals surface area contributed by atoms with Crippen molar-refractivity contribution >= 4 is 10.0 Å². The molecule has 0 bridgehead atoms. The Kier molecular flexibility index (Phi) is 2.99. The van der Waals surface area contributed by atoms with Crippen molar-refractivity contribution in [1.82, 2.24) is 4.31 Å².